The summed E-state index contributed by atoms with van der Waals surface area (Å²) in [6, 6.07) is 22.8. The van der Waals surface area contributed by atoms with Crippen molar-refractivity contribution in [3.63, 3.8) is 0 Å². The van der Waals surface area contributed by atoms with E-state index in [1.807, 2.05) is 60.7 Å². The first-order valence-corrected chi connectivity index (χ1v) is 8.60. The van der Waals surface area contributed by atoms with Crippen molar-refractivity contribution in [2.24, 2.45) is 0 Å². The molecule has 5 heteroatoms. The minimum atomic E-state index is -0.144. The molecule has 4 nitrogen and oxygen atoms in total. The number of fused-ring (bicyclic) bond motifs is 1. The summed E-state index contributed by atoms with van der Waals surface area (Å²) in [5.74, 6) is 0.648. The topological polar surface area (TPSA) is 57.8 Å². The lowest BCUT2D eigenvalue weighted by Gasteiger charge is -2.06. The van der Waals surface area contributed by atoms with Crippen molar-refractivity contribution in [3.05, 3.63) is 82.8 Å². The molecule has 0 atom stereocenters. The SMILES string of the molecule is O=C(Nc1cccc(Br)c1)c1ccc(-c2nc3ccccc3[nH]2)cc1. The predicted octanol–water partition coefficient (Wildman–Crippen LogP) is 5.24. The summed E-state index contributed by atoms with van der Waals surface area (Å²) in [5.41, 5.74) is 4.21. The van der Waals surface area contributed by atoms with Crippen molar-refractivity contribution >= 4 is 38.6 Å². The van der Waals surface area contributed by atoms with E-state index < -0.39 is 0 Å². The molecular formula is C20H14BrN3O. The maximum Gasteiger partial charge on any atom is 0.255 e. The minimum absolute atomic E-state index is 0.144. The maximum absolute atomic E-state index is 12.4. The van der Waals surface area contributed by atoms with Crippen LogP contribution >= 0.6 is 15.9 Å². The molecule has 0 unspecified atom stereocenters. The highest BCUT2D eigenvalue weighted by Gasteiger charge is 2.09. The van der Waals surface area contributed by atoms with Crippen molar-refractivity contribution in [3.8, 4) is 11.4 Å². The van der Waals surface area contributed by atoms with Crippen LogP contribution in [0.1, 0.15) is 10.4 Å². The average Bonchev–Trinajstić information content (AvgIpc) is 3.06. The molecule has 1 aromatic heterocycles. The highest BCUT2D eigenvalue weighted by molar-refractivity contribution is 9.10. The molecule has 0 saturated heterocycles. The highest BCUT2D eigenvalue weighted by Crippen LogP contribution is 2.21. The number of hydrogen-bond acceptors (Lipinski definition) is 2. The third-order valence-corrected chi connectivity index (χ3v) is 4.39. The quantitative estimate of drug-likeness (QED) is 0.501. The van der Waals surface area contributed by atoms with Crippen LogP contribution in [0.3, 0.4) is 0 Å². The number of rotatable bonds is 3. The van der Waals surface area contributed by atoms with Gasteiger partial charge in [-0.1, -0.05) is 46.3 Å². The van der Waals surface area contributed by atoms with E-state index in [-0.39, 0.29) is 5.91 Å². The summed E-state index contributed by atoms with van der Waals surface area (Å²) in [6.07, 6.45) is 0. The van der Waals surface area contributed by atoms with Gasteiger partial charge in [0, 0.05) is 21.3 Å². The zero-order valence-corrected chi connectivity index (χ0v) is 14.7. The Bertz CT molecular complexity index is 1020. The number of carbonyl (C=O) groups is 1. The first-order chi connectivity index (χ1) is 12.2. The molecule has 0 saturated carbocycles. The summed E-state index contributed by atoms with van der Waals surface area (Å²) >= 11 is 3.40. The molecule has 1 heterocycles. The number of aromatic nitrogens is 2. The van der Waals surface area contributed by atoms with Gasteiger partial charge in [0.15, 0.2) is 0 Å². The molecular weight excluding hydrogens is 378 g/mol. The molecule has 4 rings (SSSR count). The van der Waals surface area contributed by atoms with Gasteiger partial charge in [0.05, 0.1) is 11.0 Å². The molecule has 2 N–H and O–H groups in total. The van der Waals surface area contributed by atoms with Gasteiger partial charge in [-0.15, -0.1) is 0 Å². The Labute approximate surface area is 153 Å². The van der Waals surface area contributed by atoms with Crippen molar-refractivity contribution < 1.29 is 4.79 Å². The van der Waals surface area contributed by atoms with Crippen molar-refractivity contribution in [2.75, 3.05) is 5.32 Å². The Balaban J connectivity index is 1.56. The summed E-state index contributed by atoms with van der Waals surface area (Å²) < 4.78 is 0.922. The Morgan fingerprint density at radius 3 is 2.52 bits per heavy atom. The largest absolute Gasteiger partial charge is 0.338 e. The van der Waals surface area contributed by atoms with Gasteiger partial charge in [0.25, 0.3) is 5.91 Å². The van der Waals surface area contributed by atoms with E-state index in [1.54, 1.807) is 12.1 Å². The van der Waals surface area contributed by atoms with Gasteiger partial charge >= 0.3 is 0 Å². The van der Waals surface area contributed by atoms with Gasteiger partial charge in [-0.3, -0.25) is 4.79 Å². The third kappa shape index (κ3) is 3.32. The van der Waals surface area contributed by atoms with Crippen LogP contribution in [0.4, 0.5) is 5.69 Å². The maximum atomic E-state index is 12.4. The predicted molar refractivity (Wildman–Crippen MR) is 104 cm³/mol. The fourth-order valence-corrected chi connectivity index (χ4v) is 3.04. The highest BCUT2D eigenvalue weighted by atomic mass is 79.9. The van der Waals surface area contributed by atoms with Crippen LogP contribution in [-0.4, -0.2) is 15.9 Å². The van der Waals surface area contributed by atoms with Crippen LogP contribution in [-0.2, 0) is 0 Å². The van der Waals surface area contributed by atoms with E-state index in [4.69, 9.17) is 0 Å². The Hall–Kier alpha value is -2.92. The Morgan fingerprint density at radius 1 is 0.960 bits per heavy atom. The Morgan fingerprint density at radius 2 is 1.76 bits per heavy atom. The van der Waals surface area contributed by atoms with Gasteiger partial charge in [0.1, 0.15) is 5.82 Å². The molecule has 1 amide bonds. The van der Waals surface area contributed by atoms with Crippen LogP contribution in [0.25, 0.3) is 22.4 Å². The molecule has 122 valence electrons. The fraction of sp³-hybridized carbons (Fsp3) is 0. The lowest BCUT2D eigenvalue weighted by molar-refractivity contribution is 0.102. The van der Waals surface area contributed by atoms with Gasteiger partial charge in [-0.05, 0) is 42.5 Å². The van der Waals surface area contributed by atoms with Gasteiger partial charge in [-0.25, -0.2) is 4.98 Å². The van der Waals surface area contributed by atoms with Crippen molar-refractivity contribution in [1.82, 2.24) is 9.97 Å². The monoisotopic (exact) mass is 391 g/mol. The number of nitrogens with one attached hydrogen (secondary N) is 2. The summed E-state index contributed by atoms with van der Waals surface area (Å²) in [6.45, 7) is 0. The van der Waals surface area contributed by atoms with E-state index in [2.05, 4.69) is 31.2 Å². The zero-order valence-electron chi connectivity index (χ0n) is 13.2. The van der Waals surface area contributed by atoms with E-state index in [0.717, 1.165) is 32.6 Å². The molecule has 0 spiro atoms. The molecule has 0 fully saturated rings. The molecule has 0 bridgehead atoms. The minimum Gasteiger partial charge on any atom is -0.338 e. The average molecular weight is 392 g/mol. The number of nitrogens with zero attached hydrogens (tertiary/aromatic N) is 1. The van der Waals surface area contributed by atoms with Gasteiger partial charge in [0.2, 0.25) is 0 Å². The molecule has 0 aliphatic rings. The van der Waals surface area contributed by atoms with E-state index >= 15 is 0 Å². The number of halogens is 1. The molecule has 25 heavy (non-hydrogen) atoms. The van der Waals surface area contributed by atoms with Gasteiger partial charge in [-0.2, -0.15) is 0 Å². The standard InChI is InChI=1S/C20H14BrN3O/c21-15-4-3-5-16(12-15)22-20(25)14-10-8-13(9-11-14)19-23-17-6-1-2-7-18(17)24-19/h1-12H,(H,22,25)(H,23,24). The molecule has 4 aromatic rings. The number of H-pyrrole nitrogens is 1. The fourth-order valence-electron chi connectivity index (χ4n) is 2.64. The molecule has 0 radical (unpaired) electrons. The number of hydrogen-bond donors (Lipinski definition) is 2. The Kier molecular flexibility index (Phi) is 4.07. The summed E-state index contributed by atoms with van der Waals surface area (Å²) in [4.78, 5) is 20.2. The summed E-state index contributed by atoms with van der Waals surface area (Å²) in [7, 11) is 0. The van der Waals surface area contributed by atoms with Crippen LogP contribution in [0, 0.1) is 0 Å². The lowest BCUT2D eigenvalue weighted by Crippen LogP contribution is -2.11. The van der Waals surface area contributed by atoms with Crippen LogP contribution < -0.4 is 5.32 Å². The van der Waals surface area contributed by atoms with Crippen LogP contribution in [0.2, 0.25) is 0 Å². The number of imidazole rings is 1. The third-order valence-electron chi connectivity index (χ3n) is 3.89. The first-order valence-electron chi connectivity index (χ1n) is 7.81. The number of anilines is 1. The second-order valence-electron chi connectivity index (χ2n) is 5.64. The van der Waals surface area contributed by atoms with Gasteiger partial charge < -0.3 is 10.3 Å². The molecule has 3 aromatic carbocycles. The lowest BCUT2D eigenvalue weighted by atomic mass is 10.1. The zero-order chi connectivity index (χ0) is 17.2. The number of aromatic amines is 1. The second-order valence-corrected chi connectivity index (χ2v) is 6.56. The van der Waals surface area contributed by atoms with E-state index in [9.17, 15) is 4.79 Å². The van der Waals surface area contributed by atoms with E-state index in [1.165, 1.54) is 0 Å². The number of benzene rings is 3. The first kappa shape index (κ1) is 15.6. The molecule has 0 aliphatic carbocycles. The molecule has 0 aliphatic heterocycles. The van der Waals surface area contributed by atoms with Crippen molar-refractivity contribution in [1.29, 1.82) is 0 Å². The number of para-hydroxylation sites is 2. The van der Waals surface area contributed by atoms with Crippen LogP contribution in [0.15, 0.2) is 77.3 Å². The van der Waals surface area contributed by atoms with Crippen molar-refractivity contribution in [2.45, 2.75) is 0 Å². The smallest absolute Gasteiger partial charge is 0.255 e. The number of carbonyl (C=O) groups excluding carboxylic acids is 1. The second kappa shape index (κ2) is 6.53. The number of amides is 1. The van der Waals surface area contributed by atoms with E-state index in [0.29, 0.717) is 5.56 Å². The summed E-state index contributed by atoms with van der Waals surface area (Å²) in [5, 5.41) is 2.89. The normalized spacial score (nSPS) is 10.8. The van der Waals surface area contributed by atoms with Crippen LogP contribution in [0.5, 0.6) is 0 Å².